The molecule has 0 spiro atoms. The Labute approximate surface area is 129 Å². The molecule has 1 aromatic carbocycles. The van der Waals surface area contributed by atoms with Crippen LogP contribution in [0.2, 0.25) is 0 Å². The molecule has 1 fully saturated rings. The molecule has 2 aromatic rings. The van der Waals surface area contributed by atoms with Crippen LogP contribution in [0, 0.1) is 0 Å². The number of fused-ring (bicyclic) bond motifs is 1. The molecular formula is C15H19NO3S2. The molecule has 0 radical (unpaired) electrons. The van der Waals surface area contributed by atoms with Gasteiger partial charge in [-0.2, -0.15) is 0 Å². The number of thiophene rings is 1. The largest absolute Gasteiger partial charge is 0.378 e. The third kappa shape index (κ3) is 3.83. The van der Waals surface area contributed by atoms with Gasteiger partial charge in [0.1, 0.15) is 0 Å². The number of hydrogen-bond donors (Lipinski definition) is 1. The summed E-state index contributed by atoms with van der Waals surface area (Å²) >= 11 is 1.64. The average molecular weight is 325 g/mol. The highest BCUT2D eigenvalue weighted by molar-refractivity contribution is 7.89. The van der Waals surface area contributed by atoms with Crippen molar-refractivity contribution < 1.29 is 13.2 Å². The summed E-state index contributed by atoms with van der Waals surface area (Å²) < 4.78 is 33.5. The van der Waals surface area contributed by atoms with E-state index in [0.717, 1.165) is 30.4 Å². The highest BCUT2D eigenvalue weighted by Crippen LogP contribution is 2.25. The van der Waals surface area contributed by atoms with Crippen LogP contribution in [0.25, 0.3) is 10.1 Å². The molecule has 21 heavy (non-hydrogen) atoms. The number of sulfonamides is 1. The quantitative estimate of drug-likeness (QED) is 0.888. The van der Waals surface area contributed by atoms with Crippen molar-refractivity contribution in [3.05, 3.63) is 35.2 Å². The van der Waals surface area contributed by atoms with Gasteiger partial charge in [-0.3, -0.25) is 0 Å². The van der Waals surface area contributed by atoms with E-state index in [4.69, 9.17) is 4.74 Å². The molecule has 114 valence electrons. The lowest BCUT2D eigenvalue weighted by Crippen LogP contribution is -2.27. The van der Waals surface area contributed by atoms with Crippen LogP contribution in [0.5, 0.6) is 0 Å². The van der Waals surface area contributed by atoms with Gasteiger partial charge >= 0.3 is 0 Å². The second-order valence-corrected chi connectivity index (χ2v) is 8.16. The molecule has 1 saturated heterocycles. The summed E-state index contributed by atoms with van der Waals surface area (Å²) in [5, 5.41) is 3.15. The molecule has 1 N–H and O–H groups in total. The second-order valence-electron chi connectivity index (χ2n) is 5.32. The van der Waals surface area contributed by atoms with Gasteiger partial charge in [0.05, 0.1) is 11.9 Å². The third-order valence-corrected chi connectivity index (χ3v) is 6.15. The van der Waals surface area contributed by atoms with Crippen molar-refractivity contribution in [2.75, 3.05) is 12.4 Å². The monoisotopic (exact) mass is 325 g/mol. The Hall–Kier alpha value is -0.950. The van der Waals surface area contributed by atoms with Crippen LogP contribution in [-0.2, 0) is 21.3 Å². The maximum atomic E-state index is 12.1. The molecule has 1 aliphatic rings. The molecule has 0 aliphatic carbocycles. The summed E-state index contributed by atoms with van der Waals surface area (Å²) in [6, 6.07) is 8.05. The summed E-state index contributed by atoms with van der Waals surface area (Å²) in [4.78, 5) is 0. The molecule has 1 aliphatic heterocycles. The molecule has 3 rings (SSSR count). The summed E-state index contributed by atoms with van der Waals surface area (Å²) in [5.41, 5.74) is 1.04. The number of ether oxygens (including phenoxy) is 1. The van der Waals surface area contributed by atoms with Crippen LogP contribution in [-0.4, -0.2) is 26.9 Å². The van der Waals surface area contributed by atoms with Crippen molar-refractivity contribution >= 4 is 31.4 Å². The SMILES string of the molecule is O=S(=O)(CCC1CCCO1)NCc1csc2ccccc12. The average Bonchev–Trinajstić information content (AvgIpc) is 3.13. The molecule has 0 bridgehead atoms. The van der Waals surface area contributed by atoms with Gasteiger partial charge in [0.15, 0.2) is 0 Å². The van der Waals surface area contributed by atoms with E-state index < -0.39 is 10.0 Å². The van der Waals surface area contributed by atoms with Crippen molar-refractivity contribution in [2.45, 2.75) is 31.9 Å². The Bertz CT molecular complexity index is 703. The van der Waals surface area contributed by atoms with Crippen LogP contribution in [0.4, 0.5) is 0 Å². The summed E-state index contributed by atoms with van der Waals surface area (Å²) in [5.74, 6) is 0.139. The minimum atomic E-state index is -3.24. The molecule has 0 saturated carbocycles. The van der Waals surface area contributed by atoms with E-state index in [-0.39, 0.29) is 11.9 Å². The minimum absolute atomic E-state index is 0.114. The van der Waals surface area contributed by atoms with Crippen LogP contribution in [0.15, 0.2) is 29.6 Å². The van der Waals surface area contributed by atoms with Gasteiger partial charge in [-0.05, 0) is 41.7 Å². The number of hydrogen-bond acceptors (Lipinski definition) is 4. The van der Waals surface area contributed by atoms with Crippen molar-refractivity contribution in [1.82, 2.24) is 4.72 Å². The van der Waals surface area contributed by atoms with Crippen molar-refractivity contribution in [3.63, 3.8) is 0 Å². The highest BCUT2D eigenvalue weighted by Gasteiger charge is 2.19. The van der Waals surface area contributed by atoms with Gasteiger partial charge in [-0.1, -0.05) is 18.2 Å². The van der Waals surface area contributed by atoms with Crippen molar-refractivity contribution in [1.29, 1.82) is 0 Å². The summed E-state index contributed by atoms with van der Waals surface area (Å²) in [7, 11) is -3.24. The second kappa shape index (κ2) is 6.44. The van der Waals surface area contributed by atoms with Gasteiger partial charge in [0, 0.05) is 17.9 Å². The van der Waals surface area contributed by atoms with Crippen LogP contribution >= 0.6 is 11.3 Å². The van der Waals surface area contributed by atoms with E-state index in [2.05, 4.69) is 10.8 Å². The van der Waals surface area contributed by atoms with Crippen molar-refractivity contribution in [3.8, 4) is 0 Å². The first-order valence-electron chi connectivity index (χ1n) is 7.18. The van der Waals surface area contributed by atoms with E-state index in [1.807, 2.05) is 23.6 Å². The molecule has 1 unspecified atom stereocenters. The Morgan fingerprint density at radius 1 is 1.33 bits per heavy atom. The highest BCUT2D eigenvalue weighted by atomic mass is 32.2. The molecule has 2 heterocycles. The molecule has 1 aromatic heterocycles. The normalized spacial score (nSPS) is 19.3. The first-order chi connectivity index (χ1) is 10.1. The molecule has 4 nitrogen and oxygen atoms in total. The topological polar surface area (TPSA) is 55.4 Å². The Kier molecular flexibility index (Phi) is 4.59. The standard InChI is InChI=1S/C15H19NO3S2/c17-21(18,9-7-13-4-3-8-19-13)16-10-12-11-20-15-6-2-1-5-14(12)15/h1-2,5-6,11,13,16H,3-4,7-10H2. The first-order valence-corrected chi connectivity index (χ1v) is 9.71. The zero-order chi connectivity index (χ0) is 14.7. The van der Waals surface area contributed by atoms with E-state index in [1.54, 1.807) is 11.3 Å². The molecule has 1 atom stereocenters. The Morgan fingerprint density at radius 3 is 3.00 bits per heavy atom. The van der Waals surface area contributed by atoms with E-state index in [1.165, 1.54) is 4.70 Å². The van der Waals surface area contributed by atoms with Crippen molar-refractivity contribution in [2.24, 2.45) is 0 Å². The van der Waals surface area contributed by atoms with Crippen LogP contribution in [0.3, 0.4) is 0 Å². The van der Waals surface area contributed by atoms with Gasteiger partial charge in [0.25, 0.3) is 0 Å². The summed E-state index contributed by atoms with van der Waals surface area (Å²) in [6.45, 7) is 1.12. The lowest BCUT2D eigenvalue weighted by molar-refractivity contribution is 0.109. The lowest BCUT2D eigenvalue weighted by Gasteiger charge is -2.10. The smallest absolute Gasteiger partial charge is 0.211 e. The fourth-order valence-electron chi connectivity index (χ4n) is 2.59. The first kappa shape index (κ1) is 15.0. The lowest BCUT2D eigenvalue weighted by atomic mass is 10.2. The van der Waals surface area contributed by atoms with E-state index in [9.17, 15) is 8.42 Å². The number of benzene rings is 1. The van der Waals surface area contributed by atoms with Gasteiger partial charge in [-0.15, -0.1) is 11.3 Å². The van der Waals surface area contributed by atoms with Crippen LogP contribution < -0.4 is 4.72 Å². The molecule has 6 heteroatoms. The Balaban J connectivity index is 1.58. The predicted octanol–water partition coefficient (Wildman–Crippen LogP) is 2.89. The zero-order valence-corrected chi connectivity index (χ0v) is 13.4. The van der Waals surface area contributed by atoms with Gasteiger partial charge in [-0.25, -0.2) is 13.1 Å². The minimum Gasteiger partial charge on any atom is -0.378 e. The number of nitrogens with one attached hydrogen (secondary N) is 1. The number of rotatable bonds is 6. The van der Waals surface area contributed by atoms with E-state index in [0.29, 0.717) is 13.0 Å². The maximum absolute atomic E-state index is 12.1. The van der Waals surface area contributed by atoms with Crippen LogP contribution in [0.1, 0.15) is 24.8 Å². The maximum Gasteiger partial charge on any atom is 0.211 e. The molecule has 0 amide bonds. The fourth-order valence-corrected chi connectivity index (χ4v) is 4.64. The van der Waals surface area contributed by atoms with Gasteiger partial charge in [0.2, 0.25) is 10.0 Å². The predicted molar refractivity (Wildman–Crippen MR) is 86.0 cm³/mol. The third-order valence-electron chi connectivity index (χ3n) is 3.78. The zero-order valence-electron chi connectivity index (χ0n) is 11.7. The van der Waals surface area contributed by atoms with Gasteiger partial charge < -0.3 is 4.74 Å². The fraction of sp³-hybridized carbons (Fsp3) is 0.467. The Morgan fingerprint density at radius 2 is 2.19 bits per heavy atom. The molecular weight excluding hydrogens is 306 g/mol. The summed E-state index contributed by atoms with van der Waals surface area (Å²) in [6.07, 6.45) is 2.72. The van der Waals surface area contributed by atoms with E-state index >= 15 is 0 Å².